The lowest BCUT2D eigenvalue weighted by molar-refractivity contribution is 0.100. The van der Waals surface area contributed by atoms with E-state index in [2.05, 4.69) is 15.3 Å². The Kier molecular flexibility index (Phi) is 6.06. The smallest absolute Gasteiger partial charge is 0.248 e. The van der Waals surface area contributed by atoms with E-state index in [0.717, 1.165) is 29.0 Å². The standard InChI is InChI=1S/C21H22N4O3/c1-27-18-5-3-4-15(19(18)28-2)10-12-23-21-24-13-11-17(25-21)14-6-8-16(9-7-14)20(22)26/h3-9,11,13H,10,12H2,1-2H3,(H2,22,26)(H,23,24,25). The molecule has 0 saturated heterocycles. The average molecular weight is 378 g/mol. The van der Waals surface area contributed by atoms with Gasteiger partial charge in [-0.3, -0.25) is 4.79 Å². The fraction of sp³-hybridized carbons (Fsp3) is 0.190. The van der Waals surface area contributed by atoms with Crippen LogP contribution < -0.4 is 20.5 Å². The van der Waals surface area contributed by atoms with Crippen molar-refractivity contribution < 1.29 is 14.3 Å². The number of nitrogens with zero attached hydrogens (tertiary/aromatic N) is 2. The number of nitrogens with two attached hydrogens (primary N) is 1. The largest absolute Gasteiger partial charge is 0.493 e. The van der Waals surface area contributed by atoms with Gasteiger partial charge in [-0.2, -0.15) is 0 Å². The number of nitrogens with one attached hydrogen (secondary N) is 1. The highest BCUT2D eigenvalue weighted by atomic mass is 16.5. The molecule has 0 spiro atoms. The van der Waals surface area contributed by atoms with Gasteiger partial charge in [0.15, 0.2) is 11.5 Å². The zero-order valence-corrected chi connectivity index (χ0v) is 15.8. The van der Waals surface area contributed by atoms with E-state index in [4.69, 9.17) is 15.2 Å². The number of hydrogen-bond acceptors (Lipinski definition) is 6. The first-order chi connectivity index (χ1) is 13.6. The highest BCUT2D eigenvalue weighted by Gasteiger charge is 2.09. The molecule has 7 heteroatoms. The minimum absolute atomic E-state index is 0.454. The number of carbonyl (C=O) groups is 1. The zero-order chi connectivity index (χ0) is 19.9. The van der Waals surface area contributed by atoms with Crippen molar-refractivity contribution in [2.24, 2.45) is 5.73 Å². The van der Waals surface area contributed by atoms with Crippen molar-refractivity contribution in [3.05, 3.63) is 65.9 Å². The second-order valence-corrected chi connectivity index (χ2v) is 6.04. The van der Waals surface area contributed by atoms with Crippen molar-refractivity contribution in [1.29, 1.82) is 0 Å². The molecule has 0 unspecified atom stereocenters. The van der Waals surface area contributed by atoms with Gasteiger partial charge in [-0.1, -0.05) is 24.3 Å². The molecule has 0 aliphatic rings. The van der Waals surface area contributed by atoms with Gasteiger partial charge in [0, 0.05) is 23.9 Å². The lowest BCUT2D eigenvalue weighted by atomic mass is 10.1. The molecule has 1 aromatic heterocycles. The van der Waals surface area contributed by atoms with Crippen molar-refractivity contribution in [3.63, 3.8) is 0 Å². The highest BCUT2D eigenvalue weighted by molar-refractivity contribution is 5.93. The molecule has 1 heterocycles. The van der Waals surface area contributed by atoms with Crippen molar-refractivity contribution in [3.8, 4) is 22.8 Å². The Balaban J connectivity index is 1.68. The first kappa shape index (κ1) is 19.2. The molecule has 0 atom stereocenters. The number of primary amides is 1. The summed E-state index contributed by atoms with van der Waals surface area (Å²) in [5, 5.41) is 3.23. The van der Waals surface area contributed by atoms with Crippen molar-refractivity contribution in [2.75, 3.05) is 26.1 Å². The summed E-state index contributed by atoms with van der Waals surface area (Å²) in [5.41, 5.74) is 8.41. The fourth-order valence-corrected chi connectivity index (χ4v) is 2.87. The van der Waals surface area contributed by atoms with Crippen molar-refractivity contribution >= 4 is 11.9 Å². The number of ether oxygens (including phenoxy) is 2. The van der Waals surface area contributed by atoms with E-state index < -0.39 is 5.91 Å². The summed E-state index contributed by atoms with van der Waals surface area (Å²) >= 11 is 0. The van der Waals surface area contributed by atoms with Crippen LogP contribution in [0.2, 0.25) is 0 Å². The molecule has 2 aromatic carbocycles. The first-order valence-corrected chi connectivity index (χ1v) is 8.79. The molecule has 3 rings (SSSR count). The Labute approximate surface area is 163 Å². The molecule has 7 nitrogen and oxygen atoms in total. The molecule has 0 bridgehead atoms. The predicted octanol–water partition coefficient (Wildman–Crippen LogP) is 2.91. The quantitative estimate of drug-likeness (QED) is 0.625. The van der Waals surface area contributed by atoms with Gasteiger partial charge in [0.25, 0.3) is 0 Å². The maximum Gasteiger partial charge on any atom is 0.248 e. The lowest BCUT2D eigenvalue weighted by Gasteiger charge is -2.13. The third kappa shape index (κ3) is 4.37. The van der Waals surface area contributed by atoms with Crippen LogP contribution in [0.3, 0.4) is 0 Å². The highest BCUT2D eigenvalue weighted by Crippen LogP contribution is 2.30. The van der Waals surface area contributed by atoms with Crippen LogP contribution in [0.5, 0.6) is 11.5 Å². The number of carbonyl (C=O) groups excluding carboxylic acids is 1. The van der Waals surface area contributed by atoms with Crippen LogP contribution in [0.1, 0.15) is 15.9 Å². The number of para-hydroxylation sites is 1. The molecule has 0 radical (unpaired) electrons. The Morgan fingerprint density at radius 1 is 1.07 bits per heavy atom. The number of rotatable bonds is 8. The van der Waals surface area contributed by atoms with Crippen molar-refractivity contribution in [1.82, 2.24) is 9.97 Å². The van der Waals surface area contributed by atoms with E-state index in [1.165, 1.54) is 0 Å². The maximum absolute atomic E-state index is 11.2. The van der Waals surface area contributed by atoms with Gasteiger partial charge in [0.05, 0.1) is 19.9 Å². The molecule has 144 valence electrons. The number of methoxy groups -OCH3 is 2. The van der Waals surface area contributed by atoms with Crippen molar-refractivity contribution in [2.45, 2.75) is 6.42 Å². The molecular weight excluding hydrogens is 356 g/mol. The minimum Gasteiger partial charge on any atom is -0.493 e. The SMILES string of the molecule is COc1cccc(CCNc2nccc(-c3ccc(C(N)=O)cc3)n2)c1OC. The van der Waals surface area contributed by atoms with Crippen LogP contribution >= 0.6 is 0 Å². The Morgan fingerprint density at radius 3 is 2.54 bits per heavy atom. The molecular formula is C21H22N4O3. The summed E-state index contributed by atoms with van der Waals surface area (Å²) in [4.78, 5) is 20.0. The van der Waals surface area contributed by atoms with Gasteiger partial charge < -0.3 is 20.5 Å². The van der Waals surface area contributed by atoms with Gasteiger partial charge in [0.1, 0.15) is 0 Å². The van der Waals surface area contributed by atoms with E-state index >= 15 is 0 Å². The summed E-state index contributed by atoms with van der Waals surface area (Å²) in [6, 6.07) is 14.6. The molecule has 0 aliphatic carbocycles. The van der Waals surface area contributed by atoms with Crippen LogP contribution in [-0.4, -0.2) is 36.6 Å². The van der Waals surface area contributed by atoms with E-state index in [-0.39, 0.29) is 0 Å². The average Bonchev–Trinajstić information content (AvgIpc) is 2.73. The van der Waals surface area contributed by atoms with Crippen LogP contribution in [0.25, 0.3) is 11.3 Å². The van der Waals surface area contributed by atoms with Gasteiger partial charge in [-0.05, 0) is 36.2 Å². The molecule has 3 N–H and O–H groups in total. The van der Waals surface area contributed by atoms with Crippen LogP contribution in [0.15, 0.2) is 54.7 Å². The second-order valence-electron chi connectivity index (χ2n) is 6.04. The number of amides is 1. The molecule has 28 heavy (non-hydrogen) atoms. The summed E-state index contributed by atoms with van der Waals surface area (Å²) in [6.07, 6.45) is 2.42. The first-order valence-electron chi connectivity index (χ1n) is 8.79. The van der Waals surface area contributed by atoms with Gasteiger partial charge in [-0.25, -0.2) is 9.97 Å². The Bertz CT molecular complexity index is 958. The normalized spacial score (nSPS) is 10.4. The van der Waals surface area contributed by atoms with Crippen LogP contribution in [-0.2, 0) is 6.42 Å². The second kappa shape index (κ2) is 8.85. The van der Waals surface area contributed by atoms with Crippen LogP contribution in [0, 0.1) is 0 Å². The Hall–Kier alpha value is -3.61. The fourth-order valence-electron chi connectivity index (χ4n) is 2.87. The number of anilines is 1. The van der Waals surface area contributed by atoms with E-state index in [0.29, 0.717) is 23.8 Å². The summed E-state index contributed by atoms with van der Waals surface area (Å²) in [7, 11) is 3.25. The monoisotopic (exact) mass is 378 g/mol. The van der Waals surface area contributed by atoms with Crippen LogP contribution in [0.4, 0.5) is 5.95 Å². The Morgan fingerprint density at radius 2 is 1.86 bits per heavy atom. The number of aromatic nitrogens is 2. The molecule has 0 saturated carbocycles. The lowest BCUT2D eigenvalue weighted by Crippen LogP contribution is -2.10. The third-order valence-electron chi connectivity index (χ3n) is 4.28. The van der Waals surface area contributed by atoms with Gasteiger partial charge in [-0.15, -0.1) is 0 Å². The number of benzene rings is 2. The van der Waals surface area contributed by atoms with Gasteiger partial charge in [0.2, 0.25) is 11.9 Å². The molecule has 1 amide bonds. The molecule has 3 aromatic rings. The summed E-state index contributed by atoms with van der Waals surface area (Å²) in [5.74, 6) is 1.51. The molecule has 0 aliphatic heterocycles. The van der Waals surface area contributed by atoms with E-state index in [9.17, 15) is 4.79 Å². The minimum atomic E-state index is -0.454. The maximum atomic E-state index is 11.2. The number of hydrogen-bond donors (Lipinski definition) is 2. The third-order valence-corrected chi connectivity index (χ3v) is 4.28. The van der Waals surface area contributed by atoms with Gasteiger partial charge >= 0.3 is 0 Å². The predicted molar refractivity (Wildman–Crippen MR) is 108 cm³/mol. The summed E-state index contributed by atoms with van der Waals surface area (Å²) < 4.78 is 10.8. The van der Waals surface area contributed by atoms with E-state index in [1.54, 1.807) is 32.5 Å². The van der Waals surface area contributed by atoms with E-state index in [1.807, 2.05) is 36.4 Å². The zero-order valence-electron chi connectivity index (χ0n) is 15.8. The summed E-state index contributed by atoms with van der Waals surface area (Å²) in [6.45, 7) is 0.633. The molecule has 0 fully saturated rings. The topological polar surface area (TPSA) is 99.4 Å².